The molecular formula is C14H23NO2. The first-order valence-corrected chi connectivity index (χ1v) is 6.71. The predicted octanol–water partition coefficient (Wildman–Crippen LogP) is 2.01. The van der Waals surface area contributed by atoms with Gasteiger partial charge in [0.05, 0.1) is 6.61 Å². The van der Waals surface area contributed by atoms with Gasteiger partial charge in [0.1, 0.15) is 0 Å². The predicted molar refractivity (Wildman–Crippen MR) is 67.5 cm³/mol. The number of amides is 1. The molecule has 0 heterocycles. The van der Waals surface area contributed by atoms with Gasteiger partial charge in [-0.3, -0.25) is 4.79 Å². The normalized spacial score (nSPS) is 36.4. The van der Waals surface area contributed by atoms with E-state index >= 15 is 0 Å². The fourth-order valence-electron chi connectivity index (χ4n) is 3.03. The van der Waals surface area contributed by atoms with E-state index in [-0.39, 0.29) is 24.0 Å². The summed E-state index contributed by atoms with van der Waals surface area (Å²) in [6, 6.07) is 0.158. The summed E-state index contributed by atoms with van der Waals surface area (Å²) in [5.41, 5.74) is -0.110. The van der Waals surface area contributed by atoms with Crippen molar-refractivity contribution in [2.45, 2.75) is 51.5 Å². The lowest BCUT2D eigenvalue weighted by atomic mass is 9.85. The molecule has 0 saturated heterocycles. The molecule has 0 unspecified atom stereocenters. The van der Waals surface area contributed by atoms with Crippen LogP contribution in [0.4, 0.5) is 0 Å². The van der Waals surface area contributed by atoms with Gasteiger partial charge in [-0.1, -0.05) is 25.5 Å². The molecule has 0 aliphatic heterocycles. The number of aliphatic hydroxyl groups is 1. The van der Waals surface area contributed by atoms with Crippen molar-refractivity contribution in [1.29, 1.82) is 0 Å². The Hall–Kier alpha value is -0.830. The van der Waals surface area contributed by atoms with Gasteiger partial charge in [0.2, 0.25) is 5.91 Å². The molecule has 1 saturated carbocycles. The SMILES string of the molecule is C[C@]1(CO)CCC[C@@H]1NC(=O)C[C@@H]1C=CCC1. The zero-order valence-corrected chi connectivity index (χ0v) is 10.6. The maximum absolute atomic E-state index is 11.9. The van der Waals surface area contributed by atoms with Gasteiger partial charge < -0.3 is 10.4 Å². The van der Waals surface area contributed by atoms with E-state index in [1.165, 1.54) is 0 Å². The number of allylic oxidation sites excluding steroid dienone is 2. The van der Waals surface area contributed by atoms with Crippen LogP contribution in [0.3, 0.4) is 0 Å². The largest absolute Gasteiger partial charge is 0.396 e. The Bertz CT molecular complexity index is 313. The van der Waals surface area contributed by atoms with Crippen molar-refractivity contribution in [3.05, 3.63) is 12.2 Å². The van der Waals surface area contributed by atoms with Crippen LogP contribution in [0, 0.1) is 11.3 Å². The zero-order valence-electron chi connectivity index (χ0n) is 10.6. The Morgan fingerprint density at radius 1 is 1.53 bits per heavy atom. The molecule has 0 bridgehead atoms. The molecule has 0 aromatic carbocycles. The highest BCUT2D eigenvalue weighted by Crippen LogP contribution is 2.37. The van der Waals surface area contributed by atoms with E-state index < -0.39 is 0 Å². The van der Waals surface area contributed by atoms with Crippen LogP contribution in [0.5, 0.6) is 0 Å². The summed E-state index contributed by atoms with van der Waals surface area (Å²) in [5.74, 6) is 0.574. The number of aliphatic hydroxyl groups excluding tert-OH is 1. The fourth-order valence-corrected chi connectivity index (χ4v) is 3.03. The molecule has 2 rings (SSSR count). The number of rotatable bonds is 4. The van der Waals surface area contributed by atoms with Crippen LogP contribution < -0.4 is 5.32 Å². The molecule has 0 radical (unpaired) electrons. The number of carbonyl (C=O) groups excluding carboxylic acids is 1. The van der Waals surface area contributed by atoms with Crippen LogP contribution in [0.1, 0.15) is 45.4 Å². The number of hydrogen-bond donors (Lipinski definition) is 2. The summed E-state index contributed by atoms with van der Waals surface area (Å²) >= 11 is 0. The van der Waals surface area contributed by atoms with E-state index in [9.17, 15) is 9.90 Å². The Morgan fingerprint density at radius 2 is 2.35 bits per heavy atom. The molecule has 2 aliphatic carbocycles. The van der Waals surface area contributed by atoms with Gasteiger partial charge in [0.15, 0.2) is 0 Å². The lowest BCUT2D eigenvalue weighted by Gasteiger charge is -2.30. The lowest BCUT2D eigenvalue weighted by Crippen LogP contribution is -2.45. The van der Waals surface area contributed by atoms with Gasteiger partial charge >= 0.3 is 0 Å². The minimum absolute atomic E-state index is 0.110. The molecule has 96 valence electrons. The highest BCUT2D eigenvalue weighted by Gasteiger charge is 2.39. The quantitative estimate of drug-likeness (QED) is 0.735. The van der Waals surface area contributed by atoms with E-state index in [1.54, 1.807) is 0 Å². The summed E-state index contributed by atoms with van der Waals surface area (Å²) in [7, 11) is 0. The van der Waals surface area contributed by atoms with Gasteiger partial charge in [-0.15, -0.1) is 0 Å². The van der Waals surface area contributed by atoms with Crippen LogP contribution >= 0.6 is 0 Å². The molecule has 0 spiro atoms. The third-order valence-electron chi connectivity index (χ3n) is 4.34. The van der Waals surface area contributed by atoms with E-state index in [1.807, 2.05) is 0 Å². The first-order chi connectivity index (χ1) is 8.14. The van der Waals surface area contributed by atoms with Crippen molar-refractivity contribution in [2.24, 2.45) is 11.3 Å². The lowest BCUT2D eigenvalue weighted by molar-refractivity contribution is -0.123. The first-order valence-electron chi connectivity index (χ1n) is 6.71. The highest BCUT2D eigenvalue weighted by atomic mass is 16.3. The minimum Gasteiger partial charge on any atom is -0.396 e. The number of nitrogens with one attached hydrogen (secondary N) is 1. The van der Waals surface area contributed by atoms with Crippen molar-refractivity contribution in [3.63, 3.8) is 0 Å². The number of carbonyl (C=O) groups is 1. The second-order valence-electron chi connectivity index (χ2n) is 5.79. The van der Waals surface area contributed by atoms with Crippen LogP contribution in [0.15, 0.2) is 12.2 Å². The van der Waals surface area contributed by atoms with Crippen LogP contribution in [-0.4, -0.2) is 23.7 Å². The summed E-state index contributed by atoms with van der Waals surface area (Å²) in [6.07, 6.45) is 10.2. The van der Waals surface area contributed by atoms with Crippen molar-refractivity contribution in [1.82, 2.24) is 5.32 Å². The summed E-state index contributed by atoms with van der Waals surface area (Å²) in [4.78, 5) is 11.9. The fraction of sp³-hybridized carbons (Fsp3) is 0.786. The molecule has 3 atom stereocenters. The summed E-state index contributed by atoms with van der Waals surface area (Å²) in [6.45, 7) is 2.24. The van der Waals surface area contributed by atoms with Gasteiger partial charge in [-0.2, -0.15) is 0 Å². The number of hydrogen-bond acceptors (Lipinski definition) is 2. The Labute approximate surface area is 103 Å². The minimum atomic E-state index is -0.110. The summed E-state index contributed by atoms with van der Waals surface area (Å²) in [5, 5.41) is 12.5. The topological polar surface area (TPSA) is 49.3 Å². The standard InChI is InChI=1S/C14H23NO2/c1-14(10-16)8-4-7-12(14)15-13(17)9-11-5-2-3-6-11/h2,5,11-12,16H,3-4,6-10H2,1H3,(H,15,17)/t11-,12+,14-/m1/s1. The molecular weight excluding hydrogens is 214 g/mol. The molecule has 17 heavy (non-hydrogen) atoms. The molecule has 1 amide bonds. The van der Waals surface area contributed by atoms with Gasteiger partial charge in [-0.25, -0.2) is 0 Å². The second kappa shape index (κ2) is 5.21. The third-order valence-corrected chi connectivity index (χ3v) is 4.34. The zero-order chi connectivity index (χ0) is 12.3. The van der Waals surface area contributed by atoms with Crippen LogP contribution in [0.2, 0.25) is 0 Å². The molecule has 2 N–H and O–H groups in total. The van der Waals surface area contributed by atoms with E-state index in [4.69, 9.17) is 0 Å². The average molecular weight is 237 g/mol. The Balaban J connectivity index is 1.83. The van der Waals surface area contributed by atoms with Crippen LogP contribution in [-0.2, 0) is 4.79 Å². The van der Waals surface area contributed by atoms with Crippen LogP contribution in [0.25, 0.3) is 0 Å². The Morgan fingerprint density at radius 3 is 3.00 bits per heavy atom. The monoisotopic (exact) mass is 237 g/mol. The molecule has 3 nitrogen and oxygen atoms in total. The maximum Gasteiger partial charge on any atom is 0.220 e. The van der Waals surface area contributed by atoms with Crippen molar-refractivity contribution in [2.75, 3.05) is 6.61 Å². The van der Waals surface area contributed by atoms with Gasteiger partial charge in [-0.05, 0) is 31.6 Å². The van der Waals surface area contributed by atoms with E-state index in [2.05, 4.69) is 24.4 Å². The molecule has 2 aliphatic rings. The molecule has 0 aromatic rings. The maximum atomic E-state index is 11.9. The third kappa shape index (κ3) is 2.89. The highest BCUT2D eigenvalue weighted by molar-refractivity contribution is 5.77. The molecule has 3 heteroatoms. The average Bonchev–Trinajstić information content (AvgIpc) is 2.91. The van der Waals surface area contributed by atoms with E-state index in [0.717, 1.165) is 32.1 Å². The summed E-state index contributed by atoms with van der Waals surface area (Å²) < 4.78 is 0. The van der Waals surface area contributed by atoms with Crippen molar-refractivity contribution < 1.29 is 9.90 Å². The van der Waals surface area contributed by atoms with Crippen molar-refractivity contribution >= 4 is 5.91 Å². The smallest absolute Gasteiger partial charge is 0.220 e. The van der Waals surface area contributed by atoms with Gasteiger partial charge in [0.25, 0.3) is 0 Å². The van der Waals surface area contributed by atoms with Gasteiger partial charge in [0, 0.05) is 17.9 Å². The molecule has 0 aromatic heterocycles. The second-order valence-corrected chi connectivity index (χ2v) is 5.79. The van der Waals surface area contributed by atoms with E-state index in [0.29, 0.717) is 12.3 Å². The molecule has 1 fully saturated rings. The van der Waals surface area contributed by atoms with Crippen molar-refractivity contribution in [3.8, 4) is 0 Å². The first kappa shape index (κ1) is 12.6. The Kier molecular flexibility index (Phi) is 3.87.